The first-order valence-electron chi connectivity index (χ1n) is 8.84. The maximum atomic E-state index is 12.3. The molecule has 1 aliphatic rings. The molecule has 1 saturated heterocycles. The Labute approximate surface area is 149 Å². The lowest BCUT2D eigenvalue weighted by Crippen LogP contribution is -2.45. The van der Waals surface area contributed by atoms with Crippen LogP contribution in [0.15, 0.2) is 30.3 Å². The van der Waals surface area contributed by atoms with E-state index in [9.17, 15) is 4.79 Å². The van der Waals surface area contributed by atoms with E-state index in [2.05, 4.69) is 56.9 Å². The monoisotopic (exact) mass is 341 g/mol. The summed E-state index contributed by atoms with van der Waals surface area (Å²) in [6.07, 6.45) is 0. The zero-order chi connectivity index (χ0) is 17.8. The van der Waals surface area contributed by atoms with E-state index in [1.54, 1.807) is 0 Å². The van der Waals surface area contributed by atoms with Gasteiger partial charge in [0.1, 0.15) is 0 Å². The molecular formula is C19H27N5O. The van der Waals surface area contributed by atoms with E-state index in [4.69, 9.17) is 0 Å². The summed E-state index contributed by atoms with van der Waals surface area (Å²) in [5, 5.41) is 13.2. The number of nitrogens with one attached hydrogen (secondary N) is 3. The number of amides is 2. The number of likely N-dealkylation sites (tertiary alicyclic amines) is 1. The Kier molecular flexibility index (Phi) is 5.38. The summed E-state index contributed by atoms with van der Waals surface area (Å²) < 4.78 is 0. The fourth-order valence-electron chi connectivity index (χ4n) is 3.45. The number of aromatic amines is 1. The van der Waals surface area contributed by atoms with Crippen LogP contribution in [0, 0.1) is 19.8 Å². The number of aryl methyl sites for hydroxylation is 2. The number of aromatic nitrogens is 2. The number of rotatable bonds is 5. The lowest BCUT2D eigenvalue weighted by atomic mass is 10.1. The molecule has 3 N–H and O–H groups in total. The summed E-state index contributed by atoms with van der Waals surface area (Å²) in [4.78, 5) is 14.7. The highest BCUT2D eigenvalue weighted by Crippen LogP contribution is 2.19. The Bertz CT molecular complexity index is 692. The number of benzene rings is 1. The van der Waals surface area contributed by atoms with Crippen LogP contribution in [0.5, 0.6) is 0 Å². The van der Waals surface area contributed by atoms with E-state index >= 15 is 0 Å². The molecular weight excluding hydrogens is 314 g/mol. The van der Waals surface area contributed by atoms with Crippen LogP contribution in [-0.4, -0.2) is 40.3 Å². The fraction of sp³-hybridized carbons (Fsp3) is 0.474. The van der Waals surface area contributed by atoms with Gasteiger partial charge in [0, 0.05) is 43.5 Å². The second-order valence-electron chi connectivity index (χ2n) is 7.00. The summed E-state index contributed by atoms with van der Waals surface area (Å²) in [5.41, 5.74) is 4.30. The summed E-state index contributed by atoms with van der Waals surface area (Å²) in [6.45, 7) is 9.41. The van der Waals surface area contributed by atoms with Crippen LogP contribution in [0.25, 0.3) is 0 Å². The molecule has 0 bridgehead atoms. The molecule has 1 aromatic carbocycles. The summed E-state index contributed by atoms with van der Waals surface area (Å²) in [7, 11) is 0. The fourth-order valence-corrected chi connectivity index (χ4v) is 3.45. The van der Waals surface area contributed by atoms with Gasteiger partial charge in [0.05, 0.1) is 5.69 Å². The summed E-state index contributed by atoms with van der Waals surface area (Å²) in [6, 6.07) is 10.5. The lowest BCUT2D eigenvalue weighted by molar-refractivity contribution is 0.234. The van der Waals surface area contributed by atoms with Gasteiger partial charge in [-0.1, -0.05) is 37.3 Å². The molecule has 0 aliphatic carbocycles. The van der Waals surface area contributed by atoms with Gasteiger partial charge >= 0.3 is 6.03 Å². The van der Waals surface area contributed by atoms with Crippen molar-refractivity contribution in [3.8, 4) is 0 Å². The van der Waals surface area contributed by atoms with Gasteiger partial charge in [0.15, 0.2) is 0 Å². The number of H-pyrrole nitrogens is 1. The van der Waals surface area contributed by atoms with E-state index in [-0.39, 0.29) is 12.1 Å². The molecule has 2 aromatic rings. The minimum atomic E-state index is -0.113. The quantitative estimate of drug-likeness (QED) is 0.782. The van der Waals surface area contributed by atoms with E-state index in [1.165, 1.54) is 5.56 Å². The van der Waals surface area contributed by atoms with Gasteiger partial charge < -0.3 is 10.6 Å². The van der Waals surface area contributed by atoms with E-state index < -0.39 is 0 Å². The van der Waals surface area contributed by atoms with Crippen molar-refractivity contribution in [1.82, 2.24) is 25.7 Å². The zero-order valence-corrected chi connectivity index (χ0v) is 15.2. The minimum Gasteiger partial charge on any atom is -0.334 e. The third-order valence-electron chi connectivity index (χ3n) is 4.96. The highest BCUT2D eigenvalue weighted by molar-refractivity contribution is 5.74. The first-order chi connectivity index (χ1) is 12.0. The Morgan fingerprint density at radius 1 is 1.28 bits per heavy atom. The van der Waals surface area contributed by atoms with E-state index in [0.717, 1.165) is 36.6 Å². The topological polar surface area (TPSA) is 73.0 Å². The molecule has 3 rings (SSSR count). The van der Waals surface area contributed by atoms with Crippen molar-refractivity contribution in [2.75, 3.05) is 13.1 Å². The third kappa shape index (κ3) is 4.39. The van der Waals surface area contributed by atoms with Gasteiger partial charge in [-0.05, 0) is 25.3 Å². The van der Waals surface area contributed by atoms with Crippen LogP contribution in [-0.2, 0) is 13.1 Å². The predicted octanol–water partition coefficient (Wildman–Crippen LogP) is 2.35. The number of carbonyl (C=O) groups excluding carboxylic acids is 1. The van der Waals surface area contributed by atoms with Gasteiger partial charge in [0.25, 0.3) is 0 Å². The normalized spacial score (nSPS) is 20.6. The number of carbonyl (C=O) groups is 1. The Hall–Kier alpha value is -2.34. The van der Waals surface area contributed by atoms with Gasteiger partial charge in [-0.25, -0.2) is 4.79 Å². The molecule has 0 radical (unpaired) electrons. The van der Waals surface area contributed by atoms with Gasteiger partial charge in [-0.15, -0.1) is 0 Å². The standard InChI is InChI=1S/C19H27N5O/c1-13-10-24(11-16-7-5-4-6-8-16)12-18(13)21-19(25)20-9-17-14(2)22-23-15(17)3/h4-8,13,18H,9-12H2,1-3H3,(H,22,23)(H2,20,21,25)/t13-,18+/m0/s1. The molecule has 25 heavy (non-hydrogen) atoms. The van der Waals surface area contributed by atoms with Gasteiger partial charge in [-0.3, -0.25) is 10.00 Å². The SMILES string of the molecule is Cc1n[nH]c(C)c1CNC(=O)N[C@@H]1CN(Cc2ccccc2)C[C@@H]1C. The molecule has 1 fully saturated rings. The van der Waals surface area contributed by atoms with Gasteiger partial charge in [0.2, 0.25) is 0 Å². The summed E-state index contributed by atoms with van der Waals surface area (Å²) in [5.74, 6) is 0.437. The van der Waals surface area contributed by atoms with Crippen LogP contribution >= 0.6 is 0 Å². The molecule has 0 spiro atoms. The van der Waals surface area contributed by atoms with Crippen molar-refractivity contribution in [2.45, 2.75) is 39.9 Å². The number of hydrogen-bond donors (Lipinski definition) is 3. The highest BCUT2D eigenvalue weighted by atomic mass is 16.2. The van der Waals surface area contributed by atoms with Crippen LogP contribution < -0.4 is 10.6 Å². The molecule has 134 valence electrons. The minimum absolute atomic E-state index is 0.113. The summed E-state index contributed by atoms with van der Waals surface area (Å²) >= 11 is 0. The number of hydrogen-bond acceptors (Lipinski definition) is 3. The molecule has 1 aliphatic heterocycles. The van der Waals surface area contributed by atoms with E-state index in [1.807, 2.05) is 19.9 Å². The first kappa shape index (κ1) is 17.5. The van der Waals surface area contributed by atoms with Crippen molar-refractivity contribution in [3.05, 3.63) is 52.8 Å². The number of nitrogens with zero attached hydrogens (tertiary/aromatic N) is 2. The van der Waals surface area contributed by atoms with Crippen molar-refractivity contribution < 1.29 is 4.79 Å². The lowest BCUT2D eigenvalue weighted by Gasteiger charge is -2.18. The first-order valence-corrected chi connectivity index (χ1v) is 8.84. The Balaban J connectivity index is 1.48. The molecule has 2 heterocycles. The van der Waals surface area contributed by atoms with Crippen molar-refractivity contribution >= 4 is 6.03 Å². The van der Waals surface area contributed by atoms with E-state index in [0.29, 0.717) is 12.5 Å². The number of urea groups is 1. The van der Waals surface area contributed by atoms with Crippen molar-refractivity contribution in [2.24, 2.45) is 5.92 Å². The van der Waals surface area contributed by atoms with Crippen LogP contribution in [0.3, 0.4) is 0 Å². The van der Waals surface area contributed by atoms with Crippen LogP contribution in [0.2, 0.25) is 0 Å². The maximum Gasteiger partial charge on any atom is 0.315 e. The van der Waals surface area contributed by atoms with Crippen molar-refractivity contribution in [1.29, 1.82) is 0 Å². The second kappa shape index (κ2) is 7.70. The Morgan fingerprint density at radius 3 is 2.72 bits per heavy atom. The predicted molar refractivity (Wildman–Crippen MR) is 98.1 cm³/mol. The smallest absolute Gasteiger partial charge is 0.315 e. The Morgan fingerprint density at radius 2 is 2.04 bits per heavy atom. The molecule has 1 aromatic heterocycles. The van der Waals surface area contributed by atoms with Crippen LogP contribution in [0.1, 0.15) is 29.4 Å². The third-order valence-corrected chi connectivity index (χ3v) is 4.96. The maximum absolute atomic E-state index is 12.3. The van der Waals surface area contributed by atoms with Crippen molar-refractivity contribution in [3.63, 3.8) is 0 Å². The molecule has 6 heteroatoms. The molecule has 2 amide bonds. The molecule has 2 atom stereocenters. The average molecular weight is 341 g/mol. The molecule has 0 saturated carbocycles. The second-order valence-corrected chi connectivity index (χ2v) is 7.00. The average Bonchev–Trinajstić information content (AvgIpc) is 3.09. The zero-order valence-electron chi connectivity index (χ0n) is 15.2. The highest BCUT2D eigenvalue weighted by Gasteiger charge is 2.30. The molecule has 0 unspecified atom stereocenters. The van der Waals surface area contributed by atoms with Crippen LogP contribution in [0.4, 0.5) is 4.79 Å². The molecule has 6 nitrogen and oxygen atoms in total. The largest absolute Gasteiger partial charge is 0.334 e. The van der Waals surface area contributed by atoms with Gasteiger partial charge in [-0.2, -0.15) is 5.10 Å².